The minimum absolute atomic E-state index is 0.0746. The average molecular weight is 406 g/mol. The first-order valence-electron chi connectivity index (χ1n) is 10.3. The standard InChI is InChI=1S/C21H32BFN2O4/c1-19(2,3)27-18(26)25-10-8-14(9-11-25)16-12-15(13-17(23)24-16)22-28-20(4,5)21(6,7)29-22/h12-14H,8-11H2,1-7H3. The number of ether oxygens (including phenoxy) is 1. The van der Waals surface area contributed by atoms with Gasteiger partial charge in [-0.1, -0.05) is 0 Å². The second kappa shape index (κ2) is 7.54. The number of carbonyl (C=O) groups excluding carboxylic acids is 1. The van der Waals surface area contributed by atoms with Gasteiger partial charge in [0.1, 0.15) is 5.60 Å². The van der Waals surface area contributed by atoms with Gasteiger partial charge in [0.05, 0.1) is 11.2 Å². The highest BCUT2D eigenvalue weighted by molar-refractivity contribution is 6.62. The lowest BCUT2D eigenvalue weighted by Crippen LogP contribution is -2.41. The van der Waals surface area contributed by atoms with E-state index in [-0.39, 0.29) is 12.0 Å². The first kappa shape index (κ1) is 22.0. The highest BCUT2D eigenvalue weighted by Crippen LogP contribution is 2.37. The predicted octanol–water partition coefficient (Wildman–Crippen LogP) is 3.63. The molecule has 3 heterocycles. The maximum atomic E-state index is 14.3. The Bertz CT molecular complexity index is 754. The smallest absolute Gasteiger partial charge is 0.444 e. The zero-order valence-electron chi connectivity index (χ0n) is 18.5. The molecular formula is C21H32BFN2O4. The van der Waals surface area contributed by atoms with E-state index in [1.54, 1.807) is 4.90 Å². The maximum Gasteiger partial charge on any atom is 0.495 e. The van der Waals surface area contributed by atoms with Crippen molar-refractivity contribution >= 4 is 18.7 Å². The van der Waals surface area contributed by atoms with Crippen LogP contribution in [0.2, 0.25) is 0 Å². The Morgan fingerprint density at radius 3 is 2.24 bits per heavy atom. The summed E-state index contributed by atoms with van der Waals surface area (Å²) in [5.41, 5.74) is -0.179. The van der Waals surface area contributed by atoms with Gasteiger partial charge in [-0.3, -0.25) is 0 Å². The average Bonchev–Trinajstić information content (AvgIpc) is 2.81. The second-order valence-corrected chi connectivity index (χ2v) is 9.98. The van der Waals surface area contributed by atoms with E-state index in [9.17, 15) is 9.18 Å². The highest BCUT2D eigenvalue weighted by Gasteiger charge is 2.52. The summed E-state index contributed by atoms with van der Waals surface area (Å²) in [6, 6.07) is 3.25. The zero-order chi connectivity index (χ0) is 21.6. The summed E-state index contributed by atoms with van der Waals surface area (Å²) in [4.78, 5) is 18.1. The molecule has 0 aromatic carbocycles. The number of pyridine rings is 1. The molecule has 0 radical (unpaired) electrons. The Hall–Kier alpha value is -1.67. The molecule has 8 heteroatoms. The molecule has 2 fully saturated rings. The number of amides is 1. The quantitative estimate of drug-likeness (QED) is 0.555. The molecule has 0 spiro atoms. The fourth-order valence-corrected chi connectivity index (χ4v) is 3.55. The van der Waals surface area contributed by atoms with Crippen molar-refractivity contribution in [3.8, 4) is 0 Å². The van der Waals surface area contributed by atoms with E-state index in [4.69, 9.17) is 14.0 Å². The van der Waals surface area contributed by atoms with Crippen LogP contribution in [-0.4, -0.2) is 53.0 Å². The Morgan fingerprint density at radius 2 is 1.72 bits per heavy atom. The van der Waals surface area contributed by atoms with Crippen LogP contribution in [0.15, 0.2) is 12.1 Å². The molecule has 0 atom stereocenters. The molecule has 1 amide bonds. The van der Waals surface area contributed by atoms with E-state index in [0.29, 0.717) is 37.1 Å². The van der Waals surface area contributed by atoms with Crippen LogP contribution in [0, 0.1) is 5.95 Å². The molecular weight excluding hydrogens is 374 g/mol. The number of aromatic nitrogens is 1. The van der Waals surface area contributed by atoms with Crippen LogP contribution in [0.1, 0.15) is 72.9 Å². The number of rotatable bonds is 2. The third kappa shape index (κ3) is 4.91. The van der Waals surface area contributed by atoms with Gasteiger partial charge in [0, 0.05) is 24.7 Å². The van der Waals surface area contributed by atoms with Crippen molar-refractivity contribution < 1.29 is 23.2 Å². The highest BCUT2D eigenvalue weighted by atomic mass is 19.1. The maximum absolute atomic E-state index is 14.3. The van der Waals surface area contributed by atoms with Crippen LogP contribution in [0.5, 0.6) is 0 Å². The van der Waals surface area contributed by atoms with Crippen molar-refractivity contribution in [3.63, 3.8) is 0 Å². The van der Waals surface area contributed by atoms with Crippen molar-refractivity contribution in [2.24, 2.45) is 0 Å². The van der Waals surface area contributed by atoms with E-state index in [0.717, 1.165) is 0 Å². The number of carbonyl (C=O) groups is 1. The van der Waals surface area contributed by atoms with Gasteiger partial charge in [0.2, 0.25) is 5.95 Å². The lowest BCUT2D eigenvalue weighted by molar-refractivity contribution is 0.00578. The first-order chi connectivity index (χ1) is 13.3. The fraction of sp³-hybridized carbons (Fsp3) is 0.714. The Balaban J connectivity index is 1.70. The fourth-order valence-electron chi connectivity index (χ4n) is 3.55. The normalized spacial score (nSPS) is 22.1. The van der Waals surface area contributed by atoms with Gasteiger partial charge >= 0.3 is 13.2 Å². The largest absolute Gasteiger partial charge is 0.495 e. The summed E-state index contributed by atoms with van der Waals surface area (Å²) in [6.07, 6.45) is 1.11. The van der Waals surface area contributed by atoms with Crippen LogP contribution in [0.25, 0.3) is 0 Å². The van der Waals surface area contributed by atoms with Crippen molar-refractivity contribution in [2.45, 2.75) is 84.0 Å². The summed E-state index contributed by atoms with van der Waals surface area (Å²) in [5.74, 6) is -0.465. The number of hydrogen-bond acceptors (Lipinski definition) is 5. The van der Waals surface area contributed by atoms with Gasteiger partial charge in [0.25, 0.3) is 0 Å². The lowest BCUT2D eigenvalue weighted by Gasteiger charge is -2.33. The molecule has 1 aromatic rings. The zero-order valence-corrected chi connectivity index (χ0v) is 18.5. The van der Waals surface area contributed by atoms with Crippen molar-refractivity contribution in [3.05, 3.63) is 23.8 Å². The molecule has 1 aromatic heterocycles. The minimum Gasteiger partial charge on any atom is -0.444 e. The second-order valence-electron chi connectivity index (χ2n) is 9.98. The number of likely N-dealkylation sites (tertiary alicyclic amines) is 1. The number of nitrogens with zero attached hydrogens (tertiary/aromatic N) is 2. The Labute approximate surface area is 173 Å². The number of hydrogen-bond donors (Lipinski definition) is 0. The van der Waals surface area contributed by atoms with Gasteiger partial charge in [-0.25, -0.2) is 9.78 Å². The first-order valence-corrected chi connectivity index (χ1v) is 10.3. The molecule has 2 aliphatic heterocycles. The van der Waals surface area contributed by atoms with E-state index >= 15 is 0 Å². The van der Waals surface area contributed by atoms with Crippen LogP contribution < -0.4 is 5.46 Å². The van der Waals surface area contributed by atoms with E-state index in [2.05, 4.69) is 4.98 Å². The van der Waals surface area contributed by atoms with E-state index in [1.807, 2.05) is 54.5 Å². The summed E-state index contributed by atoms with van der Waals surface area (Å²) in [7, 11) is -0.627. The van der Waals surface area contributed by atoms with Gasteiger partial charge in [-0.15, -0.1) is 0 Å². The molecule has 0 bridgehead atoms. The van der Waals surface area contributed by atoms with Crippen LogP contribution in [0.4, 0.5) is 9.18 Å². The van der Waals surface area contributed by atoms with Crippen LogP contribution in [0.3, 0.4) is 0 Å². The Kier molecular flexibility index (Phi) is 5.73. The van der Waals surface area contributed by atoms with Crippen LogP contribution >= 0.6 is 0 Å². The molecule has 0 aliphatic carbocycles. The van der Waals surface area contributed by atoms with Crippen molar-refractivity contribution in [2.75, 3.05) is 13.1 Å². The monoisotopic (exact) mass is 406 g/mol. The summed E-state index contributed by atoms with van der Waals surface area (Å²) < 4.78 is 31.9. The summed E-state index contributed by atoms with van der Waals surface area (Å²) in [5, 5.41) is 0. The topological polar surface area (TPSA) is 60.9 Å². The molecule has 6 nitrogen and oxygen atoms in total. The molecule has 2 saturated heterocycles. The van der Waals surface area contributed by atoms with Gasteiger partial charge in [0.15, 0.2) is 0 Å². The molecule has 0 saturated carbocycles. The van der Waals surface area contributed by atoms with Crippen molar-refractivity contribution in [1.29, 1.82) is 0 Å². The summed E-state index contributed by atoms with van der Waals surface area (Å²) >= 11 is 0. The van der Waals surface area contributed by atoms with E-state index in [1.165, 1.54) is 6.07 Å². The van der Waals surface area contributed by atoms with E-state index < -0.39 is 29.9 Å². The SMILES string of the molecule is CC(C)(C)OC(=O)N1CCC(c2cc(B3OC(C)(C)C(C)(C)O3)cc(F)n2)CC1. The third-order valence-corrected chi connectivity index (χ3v) is 5.93. The molecule has 2 aliphatic rings. The molecule has 29 heavy (non-hydrogen) atoms. The number of halogens is 1. The number of piperidine rings is 1. The summed E-state index contributed by atoms with van der Waals surface area (Å²) in [6.45, 7) is 14.6. The molecule has 3 rings (SSSR count). The minimum atomic E-state index is -0.627. The Morgan fingerprint density at radius 1 is 1.17 bits per heavy atom. The predicted molar refractivity (Wildman–Crippen MR) is 110 cm³/mol. The van der Waals surface area contributed by atoms with Gasteiger partial charge < -0.3 is 18.9 Å². The molecule has 0 N–H and O–H groups in total. The third-order valence-electron chi connectivity index (χ3n) is 5.93. The molecule has 160 valence electrons. The van der Waals surface area contributed by atoms with Gasteiger partial charge in [-0.05, 0) is 78.9 Å². The van der Waals surface area contributed by atoms with Crippen LogP contribution in [-0.2, 0) is 14.0 Å². The van der Waals surface area contributed by atoms with Crippen molar-refractivity contribution in [1.82, 2.24) is 9.88 Å². The molecule has 0 unspecified atom stereocenters. The van der Waals surface area contributed by atoms with Gasteiger partial charge in [-0.2, -0.15) is 4.39 Å². The lowest BCUT2D eigenvalue weighted by atomic mass is 9.78.